The number of hydrogen-bond donors (Lipinski definition) is 3. The molecule has 1 fully saturated rings. The molecule has 1 saturated heterocycles. The summed E-state index contributed by atoms with van der Waals surface area (Å²) >= 11 is 0. The molecule has 5 N–H and O–H groups in total. The van der Waals surface area contributed by atoms with Gasteiger partial charge in [0.05, 0.1) is 11.7 Å². The molecule has 1 aromatic rings. The van der Waals surface area contributed by atoms with Crippen LogP contribution in [-0.4, -0.2) is 24.7 Å². The van der Waals surface area contributed by atoms with E-state index in [4.69, 9.17) is 16.2 Å². The predicted molar refractivity (Wildman–Crippen MR) is 71.4 cm³/mol. The van der Waals surface area contributed by atoms with Gasteiger partial charge in [-0.2, -0.15) is 0 Å². The number of amides is 1. The zero-order valence-electron chi connectivity index (χ0n) is 10.5. The number of rotatable bonds is 4. The molecule has 0 bridgehead atoms. The van der Waals surface area contributed by atoms with E-state index in [1.165, 1.54) is 0 Å². The molecule has 0 radical (unpaired) electrons. The van der Waals surface area contributed by atoms with E-state index in [1.807, 2.05) is 6.92 Å². The summed E-state index contributed by atoms with van der Waals surface area (Å²) in [5.41, 5.74) is 12.7. The van der Waals surface area contributed by atoms with Crippen molar-refractivity contribution >= 4 is 17.3 Å². The second-order valence-electron chi connectivity index (χ2n) is 4.65. The number of anilines is 2. The summed E-state index contributed by atoms with van der Waals surface area (Å²) in [6, 6.07) is 5.25. The van der Waals surface area contributed by atoms with Gasteiger partial charge in [0.25, 0.3) is 5.91 Å². The number of ether oxygens (including phenoxy) is 1. The molecular weight excluding hydrogens is 230 g/mol. The van der Waals surface area contributed by atoms with Crippen molar-refractivity contribution in [1.82, 2.24) is 0 Å². The lowest BCUT2D eigenvalue weighted by Gasteiger charge is -2.22. The lowest BCUT2D eigenvalue weighted by molar-refractivity contribution is 0.0984. The van der Waals surface area contributed by atoms with Crippen LogP contribution in [0.2, 0.25) is 0 Å². The van der Waals surface area contributed by atoms with E-state index in [2.05, 4.69) is 5.32 Å². The van der Waals surface area contributed by atoms with Crippen molar-refractivity contribution in [3.8, 4) is 0 Å². The van der Waals surface area contributed by atoms with Gasteiger partial charge in [-0.1, -0.05) is 0 Å². The van der Waals surface area contributed by atoms with Crippen molar-refractivity contribution in [2.45, 2.75) is 31.9 Å². The van der Waals surface area contributed by atoms with Crippen LogP contribution >= 0.6 is 0 Å². The van der Waals surface area contributed by atoms with Crippen LogP contribution in [0.25, 0.3) is 0 Å². The van der Waals surface area contributed by atoms with Gasteiger partial charge >= 0.3 is 0 Å². The third-order valence-corrected chi connectivity index (χ3v) is 3.21. The smallest absolute Gasteiger partial charge is 0.250 e. The average molecular weight is 249 g/mol. The maximum absolute atomic E-state index is 11.4. The number of carbonyl (C=O) groups excluding carboxylic acids is 1. The molecule has 0 spiro atoms. The second kappa shape index (κ2) is 5.27. The van der Waals surface area contributed by atoms with Gasteiger partial charge < -0.3 is 21.5 Å². The number of nitrogens with one attached hydrogen (secondary N) is 1. The highest BCUT2D eigenvalue weighted by molar-refractivity contribution is 5.99. The van der Waals surface area contributed by atoms with Crippen LogP contribution in [-0.2, 0) is 4.74 Å². The molecule has 2 rings (SSSR count). The highest BCUT2D eigenvalue weighted by Crippen LogP contribution is 2.23. The Morgan fingerprint density at radius 2 is 2.33 bits per heavy atom. The molecule has 1 amide bonds. The van der Waals surface area contributed by atoms with Gasteiger partial charge in [-0.3, -0.25) is 4.79 Å². The maximum Gasteiger partial charge on any atom is 0.250 e. The molecule has 0 saturated carbocycles. The standard InChI is InChI=1S/C13H19N3O2/c1-8(12-3-2-6-18-12)16-11-5-4-9(14)7-10(11)13(15)17/h4-5,7-8,12,16H,2-3,6,14H2,1H3,(H2,15,17). The number of nitrogen functional groups attached to an aromatic ring is 1. The van der Waals surface area contributed by atoms with Crippen LogP contribution in [0.5, 0.6) is 0 Å². The molecule has 1 aromatic carbocycles. The highest BCUT2D eigenvalue weighted by Gasteiger charge is 2.23. The van der Waals surface area contributed by atoms with E-state index in [-0.39, 0.29) is 12.1 Å². The second-order valence-corrected chi connectivity index (χ2v) is 4.65. The first-order chi connectivity index (χ1) is 8.58. The molecule has 2 atom stereocenters. The molecule has 0 aromatic heterocycles. The SMILES string of the molecule is CC(Nc1ccc(N)cc1C(N)=O)C1CCCO1. The van der Waals surface area contributed by atoms with Crippen molar-refractivity contribution in [1.29, 1.82) is 0 Å². The molecule has 98 valence electrons. The number of nitrogens with two attached hydrogens (primary N) is 2. The Labute approximate surface area is 106 Å². The summed E-state index contributed by atoms with van der Waals surface area (Å²) in [5.74, 6) is -0.482. The normalized spacial score (nSPS) is 20.6. The Bertz CT molecular complexity index is 442. The zero-order valence-corrected chi connectivity index (χ0v) is 10.5. The van der Waals surface area contributed by atoms with Crippen LogP contribution in [0.15, 0.2) is 18.2 Å². The van der Waals surface area contributed by atoms with Crippen molar-refractivity contribution in [3.63, 3.8) is 0 Å². The minimum absolute atomic E-state index is 0.134. The quantitative estimate of drug-likeness (QED) is 0.702. The molecular formula is C13H19N3O2. The van der Waals surface area contributed by atoms with Crippen molar-refractivity contribution in [3.05, 3.63) is 23.8 Å². The monoisotopic (exact) mass is 249 g/mol. The summed E-state index contributed by atoms with van der Waals surface area (Å²) in [6.07, 6.45) is 2.30. The molecule has 5 heteroatoms. The fourth-order valence-corrected chi connectivity index (χ4v) is 2.23. The number of benzene rings is 1. The third-order valence-electron chi connectivity index (χ3n) is 3.21. The number of hydrogen-bond acceptors (Lipinski definition) is 4. The fourth-order valence-electron chi connectivity index (χ4n) is 2.23. The van der Waals surface area contributed by atoms with Crippen LogP contribution < -0.4 is 16.8 Å². The van der Waals surface area contributed by atoms with Gasteiger partial charge in [0.2, 0.25) is 0 Å². The van der Waals surface area contributed by atoms with Gasteiger partial charge in [0.1, 0.15) is 0 Å². The van der Waals surface area contributed by atoms with Gasteiger partial charge in [-0.25, -0.2) is 0 Å². The molecule has 1 heterocycles. The molecule has 1 aliphatic heterocycles. The Balaban J connectivity index is 2.15. The zero-order chi connectivity index (χ0) is 13.1. The Hall–Kier alpha value is -1.75. The van der Waals surface area contributed by atoms with Gasteiger partial charge in [-0.15, -0.1) is 0 Å². The average Bonchev–Trinajstić information content (AvgIpc) is 2.84. The lowest BCUT2D eigenvalue weighted by atomic mass is 10.1. The van der Waals surface area contributed by atoms with E-state index in [0.29, 0.717) is 16.9 Å². The number of primary amides is 1. The van der Waals surface area contributed by atoms with Gasteiger partial charge in [0, 0.05) is 24.0 Å². The van der Waals surface area contributed by atoms with Crippen molar-refractivity contribution < 1.29 is 9.53 Å². The minimum atomic E-state index is -0.482. The first-order valence-corrected chi connectivity index (χ1v) is 6.15. The van der Waals surface area contributed by atoms with E-state index in [9.17, 15) is 4.79 Å². The Morgan fingerprint density at radius 1 is 1.56 bits per heavy atom. The molecule has 18 heavy (non-hydrogen) atoms. The van der Waals surface area contributed by atoms with Crippen molar-refractivity contribution in [2.24, 2.45) is 5.73 Å². The predicted octanol–water partition coefficient (Wildman–Crippen LogP) is 1.35. The lowest BCUT2D eigenvalue weighted by Crippen LogP contribution is -2.31. The van der Waals surface area contributed by atoms with E-state index >= 15 is 0 Å². The van der Waals surface area contributed by atoms with E-state index in [1.54, 1.807) is 18.2 Å². The highest BCUT2D eigenvalue weighted by atomic mass is 16.5. The fraction of sp³-hybridized carbons (Fsp3) is 0.462. The van der Waals surface area contributed by atoms with Gasteiger partial charge in [0.15, 0.2) is 0 Å². The summed E-state index contributed by atoms with van der Waals surface area (Å²) < 4.78 is 5.61. The number of carbonyl (C=O) groups is 1. The third kappa shape index (κ3) is 2.73. The molecule has 2 unspecified atom stereocenters. The molecule has 5 nitrogen and oxygen atoms in total. The Morgan fingerprint density at radius 3 is 2.94 bits per heavy atom. The molecule has 1 aliphatic rings. The van der Waals surface area contributed by atoms with Crippen LogP contribution in [0.1, 0.15) is 30.1 Å². The van der Waals surface area contributed by atoms with Gasteiger partial charge in [-0.05, 0) is 38.0 Å². The summed E-state index contributed by atoms with van der Waals surface area (Å²) in [4.78, 5) is 11.4. The topological polar surface area (TPSA) is 90.4 Å². The first kappa shape index (κ1) is 12.7. The Kier molecular flexibility index (Phi) is 3.72. The first-order valence-electron chi connectivity index (χ1n) is 6.15. The van der Waals surface area contributed by atoms with E-state index < -0.39 is 5.91 Å². The van der Waals surface area contributed by atoms with E-state index in [0.717, 1.165) is 19.4 Å². The summed E-state index contributed by atoms with van der Waals surface area (Å²) in [5, 5.41) is 3.28. The van der Waals surface area contributed by atoms with Crippen LogP contribution in [0.3, 0.4) is 0 Å². The minimum Gasteiger partial charge on any atom is -0.399 e. The van der Waals surface area contributed by atoms with Crippen molar-refractivity contribution in [2.75, 3.05) is 17.7 Å². The summed E-state index contributed by atoms with van der Waals surface area (Å²) in [7, 11) is 0. The maximum atomic E-state index is 11.4. The van der Waals surface area contributed by atoms with Crippen LogP contribution in [0, 0.1) is 0 Å². The van der Waals surface area contributed by atoms with Crippen LogP contribution in [0.4, 0.5) is 11.4 Å². The largest absolute Gasteiger partial charge is 0.399 e. The summed E-state index contributed by atoms with van der Waals surface area (Å²) in [6.45, 7) is 2.85. The molecule has 0 aliphatic carbocycles.